The Balaban J connectivity index is 1.71. The summed E-state index contributed by atoms with van der Waals surface area (Å²) in [4.78, 5) is 11.2. The number of rotatable bonds is 9. The largest absolute Gasteiger partial charge is 0.497 e. The van der Waals surface area contributed by atoms with Gasteiger partial charge in [0.2, 0.25) is 0 Å². The minimum Gasteiger partial charge on any atom is -0.497 e. The van der Waals surface area contributed by atoms with Crippen molar-refractivity contribution in [1.29, 1.82) is 0 Å². The topological polar surface area (TPSA) is 35.5 Å². The van der Waals surface area contributed by atoms with Gasteiger partial charge in [-0.2, -0.15) is 0 Å². The van der Waals surface area contributed by atoms with Gasteiger partial charge >= 0.3 is 0 Å². The van der Waals surface area contributed by atoms with Gasteiger partial charge in [0.15, 0.2) is 0 Å². The molecule has 0 saturated heterocycles. The van der Waals surface area contributed by atoms with E-state index in [2.05, 4.69) is 12.1 Å². The summed E-state index contributed by atoms with van der Waals surface area (Å²) in [6.07, 6.45) is 2.55. The third-order valence-electron chi connectivity index (χ3n) is 3.59. The maximum Gasteiger partial charge on any atom is 0.123 e. The van der Waals surface area contributed by atoms with E-state index in [1.807, 2.05) is 42.5 Å². The van der Waals surface area contributed by atoms with Gasteiger partial charge in [-0.05, 0) is 36.1 Å². The summed E-state index contributed by atoms with van der Waals surface area (Å²) in [7, 11) is 1.65. The number of hydrogen-bond donors (Lipinski definition) is 0. The SMILES string of the molecule is COc1ccc(COCCC(C=O)Cc2ccccc2)cc1. The summed E-state index contributed by atoms with van der Waals surface area (Å²) in [6.45, 7) is 1.14. The standard InChI is InChI=1S/C19H22O3/c1-21-19-9-7-17(8-10-19)15-22-12-11-18(14-20)13-16-5-3-2-4-6-16/h2-10,14,18H,11-13,15H2,1H3. The number of carbonyl (C=O) groups is 1. The number of aldehydes is 1. The van der Waals surface area contributed by atoms with Crippen LogP contribution in [-0.4, -0.2) is 20.0 Å². The van der Waals surface area contributed by atoms with Crippen LogP contribution < -0.4 is 4.74 Å². The van der Waals surface area contributed by atoms with Crippen LogP contribution in [0.4, 0.5) is 0 Å². The van der Waals surface area contributed by atoms with Crippen LogP contribution in [0.3, 0.4) is 0 Å². The molecular weight excluding hydrogens is 276 g/mol. The zero-order valence-electron chi connectivity index (χ0n) is 12.9. The highest BCUT2D eigenvalue weighted by Crippen LogP contribution is 2.13. The van der Waals surface area contributed by atoms with Crippen LogP contribution in [0.5, 0.6) is 5.75 Å². The monoisotopic (exact) mass is 298 g/mol. The molecule has 2 rings (SSSR count). The normalized spacial score (nSPS) is 11.9. The van der Waals surface area contributed by atoms with E-state index >= 15 is 0 Å². The summed E-state index contributed by atoms with van der Waals surface area (Å²) < 4.78 is 10.8. The zero-order chi connectivity index (χ0) is 15.6. The molecule has 3 nitrogen and oxygen atoms in total. The molecule has 0 aliphatic heterocycles. The number of methoxy groups -OCH3 is 1. The molecule has 0 aliphatic carbocycles. The van der Waals surface area contributed by atoms with Crippen molar-refractivity contribution in [2.45, 2.75) is 19.4 Å². The quantitative estimate of drug-likeness (QED) is 0.523. The molecule has 3 heteroatoms. The molecule has 0 heterocycles. The molecule has 0 bridgehead atoms. The lowest BCUT2D eigenvalue weighted by atomic mass is 9.98. The average molecular weight is 298 g/mol. The van der Waals surface area contributed by atoms with Gasteiger partial charge in [-0.25, -0.2) is 0 Å². The molecule has 0 aliphatic rings. The summed E-state index contributed by atoms with van der Waals surface area (Å²) in [5.41, 5.74) is 2.29. The van der Waals surface area contributed by atoms with Gasteiger partial charge in [-0.3, -0.25) is 0 Å². The third-order valence-corrected chi connectivity index (χ3v) is 3.59. The third kappa shape index (κ3) is 5.34. The summed E-state index contributed by atoms with van der Waals surface area (Å²) >= 11 is 0. The van der Waals surface area contributed by atoms with Gasteiger partial charge in [0.05, 0.1) is 13.7 Å². The van der Waals surface area contributed by atoms with Crippen molar-refractivity contribution in [3.05, 3.63) is 65.7 Å². The van der Waals surface area contributed by atoms with Crippen LogP contribution >= 0.6 is 0 Å². The molecule has 0 amide bonds. The first kappa shape index (κ1) is 16.2. The Morgan fingerprint density at radius 1 is 1.00 bits per heavy atom. The van der Waals surface area contributed by atoms with E-state index in [0.29, 0.717) is 13.2 Å². The first-order valence-electron chi connectivity index (χ1n) is 7.51. The molecule has 0 saturated carbocycles. The molecule has 0 N–H and O–H groups in total. The van der Waals surface area contributed by atoms with Crippen LogP contribution in [0, 0.1) is 5.92 Å². The Labute approximate surface area is 131 Å². The molecule has 0 radical (unpaired) electrons. The Hall–Kier alpha value is -2.13. The van der Waals surface area contributed by atoms with Crippen molar-refractivity contribution < 1.29 is 14.3 Å². The van der Waals surface area contributed by atoms with E-state index in [0.717, 1.165) is 30.4 Å². The fourth-order valence-electron chi connectivity index (χ4n) is 2.28. The molecule has 2 aromatic rings. The Kier molecular flexibility index (Phi) is 6.65. The van der Waals surface area contributed by atoms with Crippen LogP contribution in [0.25, 0.3) is 0 Å². The second-order valence-electron chi connectivity index (χ2n) is 5.28. The fraction of sp³-hybridized carbons (Fsp3) is 0.316. The van der Waals surface area contributed by atoms with Gasteiger partial charge in [0, 0.05) is 12.5 Å². The Bertz CT molecular complexity index is 549. The maximum atomic E-state index is 11.2. The van der Waals surface area contributed by atoms with Crippen molar-refractivity contribution in [2.24, 2.45) is 5.92 Å². The molecule has 2 aromatic carbocycles. The van der Waals surface area contributed by atoms with E-state index in [-0.39, 0.29) is 5.92 Å². The number of carbonyl (C=O) groups excluding carboxylic acids is 1. The highest BCUT2D eigenvalue weighted by Gasteiger charge is 2.08. The molecule has 116 valence electrons. The summed E-state index contributed by atoms with van der Waals surface area (Å²) in [6, 6.07) is 17.9. The maximum absolute atomic E-state index is 11.2. The van der Waals surface area contributed by atoms with Crippen molar-refractivity contribution in [2.75, 3.05) is 13.7 Å². The van der Waals surface area contributed by atoms with Crippen LogP contribution in [-0.2, 0) is 22.6 Å². The van der Waals surface area contributed by atoms with E-state index in [1.165, 1.54) is 5.56 Å². The van der Waals surface area contributed by atoms with E-state index < -0.39 is 0 Å². The highest BCUT2D eigenvalue weighted by molar-refractivity contribution is 5.54. The molecule has 0 fully saturated rings. The smallest absolute Gasteiger partial charge is 0.123 e. The molecule has 22 heavy (non-hydrogen) atoms. The summed E-state index contributed by atoms with van der Waals surface area (Å²) in [5.74, 6) is 0.853. The highest BCUT2D eigenvalue weighted by atomic mass is 16.5. The number of ether oxygens (including phenoxy) is 2. The van der Waals surface area contributed by atoms with Crippen molar-refractivity contribution in [1.82, 2.24) is 0 Å². The fourth-order valence-corrected chi connectivity index (χ4v) is 2.28. The summed E-state index contributed by atoms with van der Waals surface area (Å²) in [5, 5.41) is 0. The Morgan fingerprint density at radius 2 is 1.73 bits per heavy atom. The lowest BCUT2D eigenvalue weighted by Crippen LogP contribution is -2.10. The molecule has 1 unspecified atom stereocenters. The van der Waals surface area contributed by atoms with E-state index in [9.17, 15) is 4.79 Å². The van der Waals surface area contributed by atoms with Crippen molar-refractivity contribution >= 4 is 6.29 Å². The minimum atomic E-state index is 0.0123. The zero-order valence-corrected chi connectivity index (χ0v) is 12.9. The number of hydrogen-bond acceptors (Lipinski definition) is 3. The molecule has 1 atom stereocenters. The van der Waals surface area contributed by atoms with Gasteiger partial charge in [-0.15, -0.1) is 0 Å². The second kappa shape index (κ2) is 9.00. The van der Waals surface area contributed by atoms with E-state index in [4.69, 9.17) is 9.47 Å². The predicted octanol–water partition coefficient (Wildman–Crippen LogP) is 3.66. The molecule has 0 aromatic heterocycles. The van der Waals surface area contributed by atoms with Crippen LogP contribution in [0.15, 0.2) is 54.6 Å². The average Bonchev–Trinajstić information content (AvgIpc) is 2.59. The lowest BCUT2D eigenvalue weighted by Gasteiger charge is -2.11. The second-order valence-corrected chi connectivity index (χ2v) is 5.28. The predicted molar refractivity (Wildman–Crippen MR) is 87.0 cm³/mol. The number of benzene rings is 2. The van der Waals surface area contributed by atoms with E-state index in [1.54, 1.807) is 7.11 Å². The van der Waals surface area contributed by atoms with Gasteiger partial charge < -0.3 is 14.3 Å². The molecular formula is C19H22O3. The van der Waals surface area contributed by atoms with Gasteiger partial charge in [-0.1, -0.05) is 42.5 Å². The minimum absolute atomic E-state index is 0.0123. The Morgan fingerprint density at radius 3 is 2.36 bits per heavy atom. The molecule has 0 spiro atoms. The van der Waals surface area contributed by atoms with Crippen molar-refractivity contribution in [3.8, 4) is 5.75 Å². The van der Waals surface area contributed by atoms with Gasteiger partial charge in [0.25, 0.3) is 0 Å². The van der Waals surface area contributed by atoms with Crippen LogP contribution in [0.1, 0.15) is 17.5 Å². The van der Waals surface area contributed by atoms with Crippen molar-refractivity contribution in [3.63, 3.8) is 0 Å². The first-order chi connectivity index (χ1) is 10.8. The van der Waals surface area contributed by atoms with Crippen LogP contribution in [0.2, 0.25) is 0 Å². The lowest BCUT2D eigenvalue weighted by molar-refractivity contribution is -0.111. The van der Waals surface area contributed by atoms with Gasteiger partial charge in [0.1, 0.15) is 12.0 Å². The first-order valence-corrected chi connectivity index (χ1v) is 7.51.